The van der Waals surface area contributed by atoms with Crippen LogP contribution in [-0.4, -0.2) is 17.8 Å². The summed E-state index contributed by atoms with van der Waals surface area (Å²) in [6, 6.07) is 8.34. The molecule has 2 rings (SSSR count). The minimum atomic E-state index is 0.140. The van der Waals surface area contributed by atoms with Gasteiger partial charge >= 0.3 is 0 Å². The van der Waals surface area contributed by atoms with Crippen molar-refractivity contribution in [3.05, 3.63) is 35.4 Å². The molecule has 1 amide bonds. The van der Waals surface area contributed by atoms with Gasteiger partial charge in [0.15, 0.2) is 0 Å². The molecule has 1 aliphatic carbocycles. The number of carbonyl (C=O) groups excluding carboxylic acids is 1. The Balaban J connectivity index is 1.70. The minimum Gasteiger partial charge on any atom is -0.356 e. The zero-order chi connectivity index (χ0) is 14.4. The van der Waals surface area contributed by atoms with E-state index in [1.54, 1.807) is 0 Å². The summed E-state index contributed by atoms with van der Waals surface area (Å²) in [4.78, 5) is 11.9. The van der Waals surface area contributed by atoms with Gasteiger partial charge in [-0.1, -0.05) is 42.7 Å². The van der Waals surface area contributed by atoms with Crippen molar-refractivity contribution in [2.24, 2.45) is 5.92 Å². The van der Waals surface area contributed by atoms with Gasteiger partial charge in [-0.05, 0) is 37.7 Å². The van der Waals surface area contributed by atoms with Crippen LogP contribution in [0.4, 0.5) is 0 Å². The van der Waals surface area contributed by atoms with Gasteiger partial charge in [0.1, 0.15) is 0 Å². The number of carbonyl (C=O) groups is 1. The predicted molar refractivity (Wildman–Crippen MR) is 84.1 cm³/mol. The number of benzene rings is 1. The lowest BCUT2D eigenvalue weighted by Crippen LogP contribution is -2.34. The molecule has 2 nitrogen and oxygen atoms in total. The molecule has 1 aliphatic rings. The monoisotopic (exact) mass is 293 g/mol. The lowest BCUT2D eigenvalue weighted by molar-refractivity contribution is -0.121. The Kier molecular flexibility index (Phi) is 5.90. The normalized spacial score (nSPS) is 22.5. The van der Waals surface area contributed by atoms with Crippen LogP contribution in [-0.2, 0) is 11.2 Å². The number of hydrogen-bond donors (Lipinski definition) is 1. The van der Waals surface area contributed by atoms with Crippen LogP contribution < -0.4 is 5.32 Å². The van der Waals surface area contributed by atoms with Gasteiger partial charge in [-0.25, -0.2) is 0 Å². The van der Waals surface area contributed by atoms with Crippen LogP contribution in [0.5, 0.6) is 0 Å². The summed E-state index contributed by atoms with van der Waals surface area (Å²) in [6.07, 6.45) is 6.07. The Labute approximate surface area is 126 Å². The lowest BCUT2D eigenvalue weighted by atomic mass is 9.88. The largest absolute Gasteiger partial charge is 0.356 e. The summed E-state index contributed by atoms with van der Waals surface area (Å²) < 4.78 is 0. The molecule has 0 saturated heterocycles. The third kappa shape index (κ3) is 4.82. The van der Waals surface area contributed by atoms with Crippen molar-refractivity contribution < 1.29 is 4.79 Å². The quantitative estimate of drug-likeness (QED) is 0.821. The number of alkyl halides is 1. The van der Waals surface area contributed by atoms with Gasteiger partial charge in [-0.15, -0.1) is 11.6 Å². The van der Waals surface area contributed by atoms with E-state index in [4.69, 9.17) is 11.6 Å². The van der Waals surface area contributed by atoms with Gasteiger partial charge in [0.05, 0.1) is 0 Å². The summed E-state index contributed by atoms with van der Waals surface area (Å²) >= 11 is 6.31. The first-order chi connectivity index (χ1) is 9.65. The van der Waals surface area contributed by atoms with Gasteiger partial charge in [-0.2, -0.15) is 0 Å². The maximum absolute atomic E-state index is 11.9. The smallest absolute Gasteiger partial charge is 0.220 e. The highest BCUT2D eigenvalue weighted by Crippen LogP contribution is 2.27. The highest BCUT2D eigenvalue weighted by molar-refractivity contribution is 6.20. The third-order valence-electron chi connectivity index (χ3n) is 4.10. The van der Waals surface area contributed by atoms with Crippen LogP contribution in [0, 0.1) is 12.8 Å². The van der Waals surface area contributed by atoms with E-state index in [1.807, 2.05) is 6.07 Å². The molecular weight excluding hydrogens is 270 g/mol. The molecule has 1 N–H and O–H groups in total. The summed E-state index contributed by atoms with van der Waals surface area (Å²) in [5.74, 6) is 0.592. The first kappa shape index (κ1) is 15.4. The van der Waals surface area contributed by atoms with E-state index in [0.29, 0.717) is 12.3 Å². The molecule has 110 valence electrons. The molecule has 3 heteroatoms. The van der Waals surface area contributed by atoms with E-state index in [2.05, 4.69) is 30.4 Å². The van der Waals surface area contributed by atoms with Crippen LogP contribution >= 0.6 is 11.6 Å². The fourth-order valence-electron chi connectivity index (χ4n) is 2.85. The molecule has 0 spiro atoms. The maximum atomic E-state index is 11.9. The molecule has 1 aromatic rings. The van der Waals surface area contributed by atoms with Crippen LogP contribution in [0.3, 0.4) is 0 Å². The molecule has 20 heavy (non-hydrogen) atoms. The van der Waals surface area contributed by atoms with Crippen molar-refractivity contribution in [2.45, 2.75) is 50.8 Å². The molecule has 1 fully saturated rings. The standard InChI is InChI=1S/C17H24ClNO/c1-13-5-4-6-14(11-13)9-10-17(20)19-12-15-7-2-3-8-16(15)18/h4-6,11,15-16H,2-3,7-10,12H2,1H3,(H,19,20). The second kappa shape index (κ2) is 7.68. The lowest BCUT2D eigenvalue weighted by Gasteiger charge is -2.27. The fourth-order valence-corrected chi connectivity index (χ4v) is 3.22. The first-order valence-electron chi connectivity index (χ1n) is 7.61. The average Bonchev–Trinajstić information content (AvgIpc) is 2.44. The van der Waals surface area contributed by atoms with Gasteiger partial charge in [-0.3, -0.25) is 4.79 Å². The number of hydrogen-bond acceptors (Lipinski definition) is 1. The SMILES string of the molecule is Cc1cccc(CCC(=O)NCC2CCCCC2Cl)c1. The molecule has 0 aliphatic heterocycles. The van der Waals surface area contributed by atoms with Crippen LogP contribution in [0.2, 0.25) is 0 Å². The zero-order valence-corrected chi connectivity index (χ0v) is 13.0. The number of amides is 1. The Hall–Kier alpha value is -1.02. The van der Waals surface area contributed by atoms with Crippen LogP contribution in [0.15, 0.2) is 24.3 Å². The Morgan fingerprint density at radius 2 is 2.15 bits per heavy atom. The second-order valence-electron chi connectivity index (χ2n) is 5.85. The number of nitrogens with one attached hydrogen (secondary N) is 1. The first-order valence-corrected chi connectivity index (χ1v) is 8.05. The highest BCUT2D eigenvalue weighted by Gasteiger charge is 2.23. The van der Waals surface area contributed by atoms with Gasteiger partial charge in [0.25, 0.3) is 0 Å². The molecular formula is C17H24ClNO. The minimum absolute atomic E-state index is 0.140. The molecule has 0 heterocycles. The van der Waals surface area contributed by atoms with E-state index in [9.17, 15) is 4.79 Å². The van der Waals surface area contributed by atoms with Gasteiger partial charge < -0.3 is 5.32 Å². The molecule has 1 saturated carbocycles. The molecule has 2 unspecified atom stereocenters. The van der Waals surface area contributed by atoms with E-state index < -0.39 is 0 Å². The Bertz CT molecular complexity index is 446. The summed E-state index contributed by atoms with van der Waals surface area (Å²) in [7, 11) is 0. The van der Waals surface area contributed by atoms with Crippen molar-refractivity contribution in [1.82, 2.24) is 5.32 Å². The molecule has 2 atom stereocenters. The average molecular weight is 294 g/mol. The van der Waals surface area contributed by atoms with Crippen molar-refractivity contribution >= 4 is 17.5 Å². The second-order valence-corrected chi connectivity index (χ2v) is 6.41. The van der Waals surface area contributed by atoms with Gasteiger partial charge in [0.2, 0.25) is 5.91 Å². The molecule has 0 aromatic heterocycles. The fraction of sp³-hybridized carbons (Fsp3) is 0.588. The highest BCUT2D eigenvalue weighted by atomic mass is 35.5. The predicted octanol–water partition coefficient (Wildman–Crippen LogP) is 3.84. The third-order valence-corrected chi connectivity index (χ3v) is 4.68. The van der Waals surface area contributed by atoms with Crippen LogP contribution in [0.25, 0.3) is 0 Å². The van der Waals surface area contributed by atoms with E-state index >= 15 is 0 Å². The number of halogens is 1. The maximum Gasteiger partial charge on any atom is 0.220 e. The van der Waals surface area contributed by atoms with Crippen LogP contribution in [0.1, 0.15) is 43.2 Å². The van der Waals surface area contributed by atoms with Crippen molar-refractivity contribution in [1.29, 1.82) is 0 Å². The molecule has 0 bridgehead atoms. The Morgan fingerprint density at radius 1 is 1.35 bits per heavy atom. The summed E-state index contributed by atoms with van der Waals surface area (Å²) in [5.41, 5.74) is 2.48. The molecule has 0 radical (unpaired) electrons. The number of rotatable bonds is 5. The van der Waals surface area contributed by atoms with Crippen molar-refractivity contribution in [3.63, 3.8) is 0 Å². The van der Waals surface area contributed by atoms with E-state index in [0.717, 1.165) is 25.8 Å². The van der Waals surface area contributed by atoms with Crippen molar-refractivity contribution in [3.8, 4) is 0 Å². The van der Waals surface area contributed by atoms with Crippen molar-refractivity contribution in [2.75, 3.05) is 6.54 Å². The Morgan fingerprint density at radius 3 is 2.90 bits per heavy atom. The van der Waals surface area contributed by atoms with E-state index in [1.165, 1.54) is 24.0 Å². The summed E-state index contributed by atoms with van der Waals surface area (Å²) in [5, 5.41) is 3.28. The van der Waals surface area contributed by atoms with Gasteiger partial charge in [0, 0.05) is 18.3 Å². The zero-order valence-electron chi connectivity index (χ0n) is 12.2. The summed E-state index contributed by atoms with van der Waals surface area (Å²) in [6.45, 7) is 2.81. The van der Waals surface area contributed by atoms with E-state index in [-0.39, 0.29) is 11.3 Å². The molecule has 1 aromatic carbocycles. The topological polar surface area (TPSA) is 29.1 Å². The number of aryl methyl sites for hydroxylation is 2.